The van der Waals surface area contributed by atoms with Crippen LogP contribution in [0.2, 0.25) is 0 Å². The number of nitro groups is 1. The Morgan fingerprint density at radius 2 is 2.30 bits per heavy atom. The molecular weight excluding hydrogens is 264 g/mol. The maximum Gasteiger partial charge on any atom is 0.294 e. The average molecular weight is 280 g/mol. The molecule has 0 aromatic heterocycles. The van der Waals surface area contributed by atoms with Gasteiger partial charge in [-0.3, -0.25) is 20.8 Å². The van der Waals surface area contributed by atoms with Gasteiger partial charge in [0.1, 0.15) is 5.69 Å². The van der Waals surface area contributed by atoms with Gasteiger partial charge in [-0.05, 0) is 25.5 Å². The highest BCUT2D eigenvalue weighted by molar-refractivity contribution is 5.96. The number of nitrogens with zero attached hydrogens (tertiary/aromatic N) is 1. The third-order valence-electron chi connectivity index (χ3n) is 3.30. The number of nitro benzene ring substituents is 1. The van der Waals surface area contributed by atoms with Gasteiger partial charge in [-0.2, -0.15) is 0 Å². The van der Waals surface area contributed by atoms with E-state index in [2.05, 4.69) is 10.7 Å². The van der Waals surface area contributed by atoms with Crippen molar-refractivity contribution in [1.29, 1.82) is 0 Å². The predicted molar refractivity (Wildman–Crippen MR) is 72.2 cm³/mol. The summed E-state index contributed by atoms with van der Waals surface area (Å²) in [5.74, 6) is 4.83. The number of benzene rings is 1. The van der Waals surface area contributed by atoms with Crippen molar-refractivity contribution in [2.24, 2.45) is 5.84 Å². The van der Waals surface area contributed by atoms with E-state index in [0.29, 0.717) is 6.61 Å². The SMILES string of the molecule is CC1OCCC1NC(=O)c1ccc(NN)c([N+](=O)[O-])c1. The summed E-state index contributed by atoms with van der Waals surface area (Å²) in [4.78, 5) is 22.4. The fourth-order valence-corrected chi connectivity index (χ4v) is 2.12. The van der Waals surface area contributed by atoms with Crippen LogP contribution in [0.4, 0.5) is 11.4 Å². The summed E-state index contributed by atoms with van der Waals surface area (Å²) in [5, 5.41) is 13.7. The van der Waals surface area contributed by atoms with Crippen LogP contribution < -0.4 is 16.6 Å². The normalized spacial score (nSPS) is 21.5. The van der Waals surface area contributed by atoms with Gasteiger partial charge < -0.3 is 15.5 Å². The molecule has 1 saturated heterocycles. The molecule has 1 aromatic carbocycles. The third kappa shape index (κ3) is 2.86. The van der Waals surface area contributed by atoms with Crippen LogP contribution in [0.3, 0.4) is 0 Å². The number of amides is 1. The molecule has 4 N–H and O–H groups in total. The van der Waals surface area contributed by atoms with Gasteiger partial charge in [0, 0.05) is 18.2 Å². The summed E-state index contributed by atoms with van der Waals surface area (Å²) in [5.41, 5.74) is 2.36. The molecule has 1 aliphatic heterocycles. The van der Waals surface area contributed by atoms with E-state index >= 15 is 0 Å². The molecule has 1 heterocycles. The summed E-state index contributed by atoms with van der Waals surface area (Å²) in [7, 11) is 0. The van der Waals surface area contributed by atoms with Crippen molar-refractivity contribution < 1.29 is 14.5 Å². The zero-order valence-electron chi connectivity index (χ0n) is 11.0. The van der Waals surface area contributed by atoms with Gasteiger partial charge in [-0.1, -0.05) is 0 Å². The first-order valence-corrected chi connectivity index (χ1v) is 6.20. The molecule has 2 unspecified atom stereocenters. The van der Waals surface area contributed by atoms with Crippen molar-refractivity contribution in [3.8, 4) is 0 Å². The third-order valence-corrected chi connectivity index (χ3v) is 3.30. The highest BCUT2D eigenvalue weighted by Gasteiger charge is 2.26. The Morgan fingerprint density at radius 3 is 2.85 bits per heavy atom. The Hall–Kier alpha value is -2.19. The fourth-order valence-electron chi connectivity index (χ4n) is 2.12. The lowest BCUT2D eigenvalue weighted by molar-refractivity contribution is -0.384. The minimum Gasteiger partial charge on any atom is -0.376 e. The molecular formula is C12H16N4O4. The number of hydrogen-bond acceptors (Lipinski definition) is 6. The minimum absolute atomic E-state index is 0.0566. The summed E-state index contributed by atoms with van der Waals surface area (Å²) in [6.45, 7) is 2.48. The van der Waals surface area contributed by atoms with Gasteiger partial charge in [-0.15, -0.1) is 0 Å². The number of nitrogens with two attached hydrogens (primary N) is 1. The molecule has 0 aliphatic carbocycles. The maximum atomic E-state index is 12.1. The van der Waals surface area contributed by atoms with E-state index in [1.807, 2.05) is 6.92 Å². The molecule has 20 heavy (non-hydrogen) atoms. The fraction of sp³-hybridized carbons (Fsp3) is 0.417. The van der Waals surface area contributed by atoms with Gasteiger partial charge >= 0.3 is 0 Å². The lowest BCUT2D eigenvalue weighted by Gasteiger charge is -2.16. The summed E-state index contributed by atoms with van der Waals surface area (Å²) in [6.07, 6.45) is 0.677. The number of ether oxygens (including phenoxy) is 1. The topological polar surface area (TPSA) is 120 Å². The van der Waals surface area contributed by atoms with E-state index in [9.17, 15) is 14.9 Å². The zero-order chi connectivity index (χ0) is 14.7. The van der Waals surface area contributed by atoms with Crippen molar-refractivity contribution in [2.45, 2.75) is 25.5 Å². The van der Waals surface area contributed by atoms with Gasteiger partial charge in [-0.25, -0.2) is 0 Å². The van der Waals surface area contributed by atoms with Crippen LogP contribution in [0.25, 0.3) is 0 Å². The number of rotatable bonds is 4. The number of hydrazine groups is 1. The Bertz CT molecular complexity index is 534. The van der Waals surface area contributed by atoms with Crippen molar-refractivity contribution in [3.63, 3.8) is 0 Å². The second-order valence-corrected chi connectivity index (χ2v) is 4.58. The summed E-state index contributed by atoms with van der Waals surface area (Å²) in [6, 6.07) is 4.01. The number of nitrogen functional groups attached to an aromatic ring is 1. The van der Waals surface area contributed by atoms with Crippen LogP contribution in [-0.4, -0.2) is 29.6 Å². The summed E-state index contributed by atoms with van der Waals surface area (Å²) >= 11 is 0. The van der Waals surface area contributed by atoms with Crippen LogP contribution in [0.1, 0.15) is 23.7 Å². The van der Waals surface area contributed by atoms with E-state index in [1.165, 1.54) is 18.2 Å². The van der Waals surface area contributed by atoms with E-state index in [4.69, 9.17) is 10.6 Å². The number of carbonyl (C=O) groups is 1. The molecule has 0 radical (unpaired) electrons. The molecule has 0 bridgehead atoms. The lowest BCUT2D eigenvalue weighted by atomic mass is 10.1. The van der Waals surface area contributed by atoms with Gasteiger partial charge in [0.2, 0.25) is 0 Å². The standard InChI is InChI=1S/C12H16N4O4/c1-7-9(4-5-20-7)14-12(17)8-2-3-10(15-13)11(6-8)16(18)19/h2-3,6-7,9,15H,4-5,13H2,1H3,(H,14,17). The Morgan fingerprint density at radius 1 is 1.55 bits per heavy atom. The molecule has 8 heteroatoms. The van der Waals surface area contributed by atoms with Gasteiger partial charge in [0.25, 0.3) is 11.6 Å². The first-order valence-electron chi connectivity index (χ1n) is 6.20. The van der Waals surface area contributed by atoms with Gasteiger partial charge in [0.05, 0.1) is 17.1 Å². The minimum atomic E-state index is -0.590. The molecule has 108 valence electrons. The van der Waals surface area contributed by atoms with Crippen LogP contribution in [-0.2, 0) is 4.74 Å². The number of anilines is 1. The van der Waals surface area contributed by atoms with E-state index in [0.717, 1.165) is 6.42 Å². The zero-order valence-corrected chi connectivity index (χ0v) is 11.0. The first-order chi connectivity index (χ1) is 9.52. The molecule has 2 atom stereocenters. The predicted octanol–water partition coefficient (Wildman–Crippen LogP) is 0.788. The highest BCUT2D eigenvalue weighted by atomic mass is 16.6. The maximum absolute atomic E-state index is 12.1. The van der Waals surface area contributed by atoms with E-state index in [-0.39, 0.29) is 35.0 Å². The second-order valence-electron chi connectivity index (χ2n) is 4.58. The Balaban J connectivity index is 2.17. The van der Waals surface area contributed by atoms with Gasteiger partial charge in [0.15, 0.2) is 0 Å². The molecule has 0 saturated carbocycles. The quantitative estimate of drug-likeness (QED) is 0.426. The lowest BCUT2D eigenvalue weighted by Crippen LogP contribution is -2.39. The van der Waals surface area contributed by atoms with Crippen molar-refractivity contribution >= 4 is 17.3 Å². The van der Waals surface area contributed by atoms with Crippen molar-refractivity contribution in [3.05, 3.63) is 33.9 Å². The Labute approximate surface area is 115 Å². The molecule has 0 spiro atoms. The first kappa shape index (κ1) is 14.2. The second kappa shape index (κ2) is 5.85. The smallest absolute Gasteiger partial charge is 0.294 e. The number of carbonyl (C=O) groups excluding carboxylic acids is 1. The van der Waals surface area contributed by atoms with E-state index < -0.39 is 4.92 Å². The monoisotopic (exact) mass is 280 g/mol. The van der Waals surface area contributed by atoms with Crippen molar-refractivity contribution in [1.82, 2.24) is 5.32 Å². The van der Waals surface area contributed by atoms with Crippen LogP contribution >= 0.6 is 0 Å². The van der Waals surface area contributed by atoms with Crippen LogP contribution in [0.15, 0.2) is 18.2 Å². The molecule has 8 nitrogen and oxygen atoms in total. The Kier molecular flexibility index (Phi) is 4.16. The highest BCUT2D eigenvalue weighted by Crippen LogP contribution is 2.24. The number of nitrogens with one attached hydrogen (secondary N) is 2. The molecule has 2 rings (SSSR count). The average Bonchev–Trinajstić information content (AvgIpc) is 2.83. The molecule has 1 amide bonds. The summed E-state index contributed by atoms with van der Waals surface area (Å²) < 4.78 is 5.35. The largest absolute Gasteiger partial charge is 0.376 e. The molecule has 1 fully saturated rings. The van der Waals surface area contributed by atoms with Crippen LogP contribution in [0, 0.1) is 10.1 Å². The van der Waals surface area contributed by atoms with Crippen LogP contribution in [0.5, 0.6) is 0 Å². The molecule has 1 aromatic rings. The van der Waals surface area contributed by atoms with Crippen molar-refractivity contribution in [2.75, 3.05) is 12.0 Å². The van der Waals surface area contributed by atoms with E-state index in [1.54, 1.807) is 0 Å². The molecule has 1 aliphatic rings. The number of hydrogen-bond donors (Lipinski definition) is 3.